The number of carbonyl (C=O) groups is 3. The molecule has 35 heavy (non-hydrogen) atoms. The summed E-state index contributed by atoms with van der Waals surface area (Å²) in [4.78, 5) is 41.4. The van der Waals surface area contributed by atoms with Crippen molar-refractivity contribution in [1.29, 1.82) is 0 Å². The molecule has 3 fully saturated rings. The third kappa shape index (κ3) is 3.57. The van der Waals surface area contributed by atoms with Crippen LogP contribution in [-0.2, 0) is 9.59 Å². The van der Waals surface area contributed by atoms with Crippen LogP contribution in [-0.4, -0.2) is 17.7 Å². The van der Waals surface area contributed by atoms with Gasteiger partial charge in [-0.05, 0) is 91.5 Å². The number of aryl methyl sites for hydroxylation is 2. The Kier molecular flexibility index (Phi) is 5.10. The Morgan fingerprint density at radius 1 is 0.829 bits per heavy atom. The average molecular weight is 465 g/mol. The van der Waals surface area contributed by atoms with E-state index >= 15 is 0 Å². The van der Waals surface area contributed by atoms with Crippen molar-refractivity contribution in [3.05, 3.63) is 95.1 Å². The number of rotatable bonds is 4. The summed E-state index contributed by atoms with van der Waals surface area (Å²) in [6, 6.07) is 23.1. The Bertz CT molecular complexity index is 1330. The van der Waals surface area contributed by atoms with Gasteiger partial charge in [-0.1, -0.05) is 42.5 Å². The van der Waals surface area contributed by atoms with E-state index in [2.05, 4.69) is 17.4 Å². The summed E-state index contributed by atoms with van der Waals surface area (Å²) in [5.74, 6) is -0.211. The summed E-state index contributed by atoms with van der Waals surface area (Å²) in [5.41, 5.74) is 5.03. The van der Waals surface area contributed by atoms with Crippen molar-refractivity contribution in [2.75, 3.05) is 10.2 Å². The molecular formula is C30H28N2O3. The van der Waals surface area contributed by atoms with Gasteiger partial charge in [-0.3, -0.25) is 19.3 Å². The summed E-state index contributed by atoms with van der Waals surface area (Å²) in [6.45, 7) is 3.97. The lowest BCUT2D eigenvalue weighted by Gasteiger charge is -2.28. The highest BCUT2D eigenvalue weighted by Crippen LogP contribution is 2.61. The van der Waals surface area contributed by atoms with E-state index in [-0.39, 0.29) is 41.4 Å². The standard InChI is InChI=1S/C30H28N2O3/c1-17-11-18(2)13-22(12-17)31-28(33)20-9-6-10-23(14-20)32-29(34)26-21-15-24(19-7-4-3-5-8-19)25(16-21)27(26)30(32)35/h3-14,21,24-27H,15-16H2,1-2H3,(H,31,33)/t21-,24+,25+,26+,27-/m0/s1. The van der Waals surface area contributed by atoms with E-state index in [9.17, 15) is 14.4 Å². The molecule has 3 aromatic carbocycles. The van der Waals surface area contributed by atoms with Crippen molar-refractivity contribution in [2.24, 2.45) is 23.7 Å². The summed E-state index contributed by atoms with van der Waals surface area (Å²) < 4.78 is 0. The third-order valence-electron chi connectivity index (χ3n) is 8.09. The summed E-state index contributed by atoms with van der Waals surface area (Å²) >= 11 is 0. The van der Waals surface area contributed by atoms with Crippen molar-refractivity contribution < 1.29 is 14.4 Å². The monoisotopic (exact) mass is 464 g/mol. The molecule has 5 nitrogen and oxygen atoms in total. The molecule has 0 aromatic heterocycles. The fraction of sp³-hybridized carbons (Fsp3) is 0.300. The molecule has 0 radical (unpaired) electrons. The third-order valence-corrected chi connectivity index (χ3v) is 8.09. The van der Waals surface area contributed by atoms with Crippen LogP contribution in [0.4, 0.5) is 11.4 Å². The molecule has 5 atom stereocenters. The van der Waals surface area contributed by atoms with Crippen LogP contribution >= 0.6 is 0 Å². The Hall–Kier alpha value is -3.73. The lowest BCUT2D eigenvalue weighted by molar-refractivity contribution is -0.123. The lowest BCUT2D eigenvalue weighted by atomic mass is 9.73. The maximum atomic E-state index is 13.6. The van der Waals surface area contributed by atoms with Crippen LogP contribution < -0.4 is 10.2 Å². The van der Waals surface area contributed by atoms with Gasteiger partial charge in [-0.25, -0.2) is 0 Å². The second-order valence-corrected chi connectivity index (χ2v) is 10.4. The Balaban J connectivity index is 1.25. The van der Waals surface area contributed by atoms with E-state index in [0.29, 0.717) is 17.2 Å². The number of nitrogens with one attached hydrogen (secondary N) is 1. The van der Waals surface area contributed by atoms with Crippen LogP contribution in [0.15, 0.2) is 72.8 Å². The van der Waals surface area contributed by atoms with Gasteiger partial charge < -0.3 is 5.32 Å². The van der Waals surface area contributed by atoms with E-state index in [1.165, 1.54) is 10.5 Å². The van der Waals surface area contributed by atoms with Crippen LogP contribution in [0.2, 0.25) is 0 Å². The SMILES string of the molecule is Cc1cc(C)cc(NC(=O)c2cccc(N3C(=O)[C@@H]4[C@@H]5C[C@@H]([C@@H]4C3=O)[C@@H](c3ccccc3)C5)c2)c1. The normalized spacial score (nSPS) is 26.8. The van der Waals surface area contributed by atoms with Gasteiger partial charge in [0.2, 0.25) is 11.8 Å². The molecule has 2 saturated carbocycles. The molecule has 1 heterocycles. The average Bonchev–Trinajstić information content (AvgIpc) is 3.50. The first kappa shape index (κ1) is 21.8. The molecule has 0 spiro atoms. The molecule has 2 aliphatic carbocycles. The van der Waals surface area contributed by atoms with Gasteiger partial charge in [0.05, 0.1) is 17.5 Å². The number of imide groups is 1. The molecule has 1 aliphatic heterocycles. The minimum absolute atomic E-state index is 0.106. The molecule has 3 aromatic rings. The number of carbonyl (C=O) groups excluding carboxylic acids is 3. The number of anilines is 2. The fourth-order valence-electron chi connectivity index (χ4n) is 6.83. The molecule has 2 bridgehead atoms. The Labute approximate surface area is 205 Å². The topological polar surface area (TPSA) is 66.5 Å². The minimum atomic E-state index is -0.265. The summed E-state index contributed by atoms with van der Waals surface area (Å²) in [5, 5.41) is 2.94. The summed E-state index contributed by atoms with van der Waals surface area (Å²) in [7, 11) is 0. The molecule has 6 rings (SSSR count). The van der Waals surface area contributed by atoms with Crippen molar-refractivity contribution in [2.45, 2.75) is 32.6 Å². The van der Waals surface area contributed by atoms with E-state index < -0.39 is 0 Å². The second-order valence-electron chi connectivity index (χ2n) is 10.4. The molecule has 1 N–H and O–H groups in total. The Morgan fingerprint density at radius 2 is 1.54 bits per heavy atom. The maximum absolute atomic E-state index is 13.6. The van der Waals surface area contributed by atoms with Gasteiger partial charge in [0, 0.05) is 11.3 Å². The smallest absolute Gasteiger partial charge is 0.255 e. The van der Waals surface area contributed by atoms with Crippen molar-refractivity contribution in [3.8, 4) is 0 Å². The predicted octanol–water partition coefficient (Wildman–Crippen LogP) is 5.48. The second kappa shape index (κ2) is 8.19. The van der Waals surface area contributed by atoms with E-state index in [0.717, 1.165) is 29.7 Å². The highest BCUT2D eigenvalue weighted by molar-refractivity contribution is 6.23. The van der Waals surface area contributed by atoms with Crippen LogP contribution in [0.25, 0.3) is 0 Å². The van der Waals surface area contributed by atoms with Gasteiger partial charge in [0.15, 0.2) is 0 Å². The number of fused-ring (bicyclic) bond motifs is 5. The Morgan fingerprint density at radius 3 is 2.29 bits per heavy atom. The first-order chi connectivity index (χ1) is 16.9. The van der Waals surface area contributed by atoms with Crippen LogP contribution in [0.5, 0.6) is 0 Å². The zero-order chi connectivity index (χ0) is 24.3. The van der Waals surface area contributed by atoms with Crippen LogP contribution in [0.1, 0.15) is 45.8 Å². The van der Waals surface area contributed by atoms with Crippen LogP contribution in [0, 0.1) is 37.5 Å². The number of nitrogens with zero attached hydrogens (tertiary/aromatic N) is 1. The first-order valence-corrected chi connectivity index (χ1v) is 12.3. The van der Waals surface area contributed by atoms with Crippen LogP contribution in [0.3, 0.4) is 0 Å². The van der Waals surface area contributed by atoms with E-state index in [1.807, 2.05) is 50.2 Å². The van der Waals surface area contributed by atoms with E-state index in [4.69, 9.17) is 0 Å². The van der Waals surface area contributed by atoms with Gasteiger partial charge in [-0.2, -0.15) is 0 Å². The number of benzene rings is 3. The number of hydrogen-bond donors (Lipinski definition) is 1. The predicted molar refractivity (Wildman–Crippen MR) is 135 cm³/mol. The highest BCUT2D eigenvalue weighted by Gasteiger charge is 2.64. The minimum Gasteiger partial charge on any atom is -0.322 e. The summed E-state index contributed by atoms with van der Waals surface area (Å²) in [6.07, 6.45) is 1.90. The number of hydrogen-bond acceptors (Lipinski definition) is 3. The molecule has 3 amide bonds. The zero-order valence-electron chi connectivity index (χ0n) is 19.9. The molecule has 176 valence electrons. The van der Waals surface area contributed by atoms with Gasteiger partial charge in [-0.15, -0.1) is 0 Å². The molecule has 0 unspecified atom stereocenters. The van der Waals surface area contributed by atoms with Crippen molar-refractivity contribution in [1.82, 2.24) is 0 Å². The van der Waals surface area contributed by atoms with Gasteiger partial charge >= 0.3 is 0 Å². The maximum Gasteiger partial charge on any atom is 0.255 e. The van der Waals surface area contributed by atoms with Crippen molar-refractivity contribution in [3.63, 3.8) is 0 Å². The van der Waals surface area contributed by atoms with Gasteiger partial charge in [0.1, 0.15) is 0 Å². The molecular weight excluding hydrogens is 436 g/mol. The van der Waals surface area contributed by atoms with Gasteiger partial charge in [0.25, 0.3) is 5.91 Å². The largest absolute Gasteiger partial charge is 0.322 e. The molecule has 3 aliphatic rings. The van der Waals surface area contributed by atoms with E-state index in [1.54, 1.807) is 24.3 Å². The zero-order valence-corrected chi connectivity index (χ0v) is 19.9. The lowest BCUT2D eigenvalue weighted by Crippen LogP contribution is -2.33. The first-order valence-electron chi connectivity index (χ1n) is 12.3. The highest BCUT2D eigenvalue weighted by atomic mass is 16.2. The fourth-order valence-corrected chi connectivity index (χ4v) is 6.83. The van der Waals surface area contributed by atoms with Crippen molar-refractivity contribution >= 4 is 29.1 Å². The molecule has 1 saturated heterocycles. The quantitative estimate of drug-likeness (QED) is 0.520. The molecule has 5 heteroatoms. The number of amides is 3.